The van der Waals surface area contributed by atoms with Crippen LogP contribution in [0, 0.1) is 6.92 Å². The van der Waals surface area contributed by atoms with Crippen LogP contribution in [-0.2, 0) is 18.3 Å². The van der Waals surface area contributed by atoms with Gasteiger partial charge in [-0.2, -0.15) is 5.10 Å². The lowest BCUT2D eigenvalue weighted by molar-refractivity contribution is -0.132. The molecule has 1 saturated heterocycles. The molecule has 6 heteroatoms. The number of hydrogen-bond acceptors (Lipinski definition) is 4. The van der Waals surface area contributed by atoms with E-state index in [0.717, 1.165) is 42.8 Å². The van der Waals surface area contributed by atoms with Gasteiger partial charge in [-0.25, -0.2) is 0 Å². The Morgan fingerprint density at radius 1 is 1.36 bits per heavy atom. The van der Waals surface area contributed by atoms with Gasteiger partial charge in [0.1, 0.15) is 0 Å². The molecule has 0 saturated carbocycles. The lowest BCUT2D eigenvalue weighted by Gasteiger charge is -2.24. The van der Waals surface area contributed by atoms with Gasteiger partial charge in [-0.15, -0.1) is 0 Å². The van der Waals surface area contributed by atoms with Gasteiger partial charge >= 0.3 is 0 Å². The van der Waals surface area contributed by atoms with E-state index in [1.54, 1.807) is 18.6 Å². The average molecular weight is 299 g/mol. The molecule has 6 nitrogen and oxygen atoms in total. The molecule has 2 aromatic heterocycles. The molecule has 0 radical (unpaired) electrons. The van der Waals surface area contributed by atoms with Gasteiger partial charge < -0.3 is 4.90 Å². The fourth-order valence-electron chi connectivity index (χ4n) is 3.03. The quantitative estimate of drug-likeness (QED) is 0.864. The SMILES string of the molecule is Cc1c(CCC(=O)N2CCC[C@@H]2c2cnccn2)cnn1C. The lowest BCUT2D eigenvalue weighted by atomic mass is 10.1. The molecular formula is C16H21N5O. The zero-order valence-electron chi connectivity index (χ0n) is 13.1. The number of carbonyl (C=O) groups is 1. The highest BCUT2D eigenvalue weighted by Gasteiger charge is 2.30. The van der Waals surface area contributed by atoms with Gasteiger partial charge in [0.15, 0.2) is 0 Å². The Labute approximate surface area is 130 Å². The van der Waals surface area contributed by atoms with Crippen LogP contribution < -0.4 is 0 Å². The number of hydrogen-bond donors (Lipinski definition) is 0. The van der Waals surface area contributed by atoms with Gasteiger partial charge in [0.25, 0.3) is 0 Å². The predicted molar refractivity (Wildman–Crippen MR) is 82.0 cm³/mol. The van der Waals surface area contributed by atoms with Gasteiger partial charge in [0.2, 0.25) is 5.91 Å². The van der Waals surface area contributed by atoms with Crippen LogP contribution in [0.1, 0.15) is 42.3 Å². The van der Waals surface area contributed by atoms with Crippen LogP contribution >= 0.6 is 0 Å². The van der Waals surface area contributed by atoms with Crippen molar-refractivity contribution in [2.45, 2.75) is 38.6 Å². The highest BCUT2D eigenvalue weighted by molar-refractivity contribution is 5.77. The van der Waals surface area contributed by atoms with Crippen molar-refractivity contribution in [1.29, 1.82) is 0 Å². The molecule has 22 heavy (non-hydrogen) atoms. The summed E-state index contributed by atoms with van der Waals surface area (Å²) in [6, 6.07) is 0.0798. The smallest absolute Gasteiger partial charge is 0.223 e. The minimum absolute atomic E-state index is 0.0798. The Kier molecular flexibility index (Phi) is 4.18. The fraction of sp³-hybridized carbons (Fsp3) is 0.500. The number of amides is 1. The number of nitrogens with zero attached hydrogens (tertiary/aromatic N) is 5. The predicted octanol–water partition coefficient (Wildman–Crippen LogP) is 1.81. The topological polar surface area (TPSA) is 63.9 Å². The van der Waals surface area contributed by atoms with E-state index >= 15 is 0 Å². The van der Waals surface area contributed by atoms with Gasteiger partial charge in [-0.1, -0.05) is 0 Å². The molecule has 0 spiro atoms. The maximum Gasteiger partial charge on any atom is 0.223 e. The number of aromatic nitrogens is 4. The highest BCUT2D eigenvalue weighted by Crippen LogP contribution is 2.30. The standard InChI is InChI=1S/C16H21N5O/c1-12-13(10-19-20(12)2)5-6-16(22)21-9-3-4-15(21)14-11-17-7-8-18-14/h7-8,10-11,15H,3-6,9H2,1-2H3/t15-/m1/s1. The van der Waals surface area contributed by atoms with Crippen molar-refractivity contribution in [2.75, 3.05) is 6.54 Å². The summed E-state index contributed by atoms with van der Waals surface area (Å²) >= 11 is 0. The Morgan fingerprint density at radius 2 is 2.23 bits per heavy atom. The van der Waals surface area contributed by atoms with Gasteiger partial charge in [-0.05, 0) is 31.7 Å². The second kappa shape index (κ2) is 6.25. The molecule has 1 aliphatic heterocycles. The summed E-state index contributed by atoms with van der Waals surface area (Å²) in [6.45, 7) is 2.84. The first-order valence-electron chi connectivity index (χ1n) is 7.69. The maximum atomic E-state index is 12.6. The van der Waals surface area contributed by atoms with Crippen molar-refractivity contribution in [3.63, 3.8) is 0 Å². The second-order valence-electron chi connectivity index (χ2n) is 5.75. The van der Waals surface area contributed by atoms with E-state index in [1.165, 1.54) is 0 Å². The van der Waals surface area contributed by atoms with E-state index in [9.17, 15) is 4.79 Å². The monoisotopic (exact) mass is 299 g/mol. The van der Waals surface area contributed by atoms with Crippen LogP contribution in [0.4, 0.5) is 0 Å². The van der Waals surface area contributed by atoms with Crippen LogP contribution in [0.5, 0.6) is 0 Å². The van der Waals surface area contributed by atoms with E-state index in [0.29, 0.717) is 6.42 Å². The first-order valence-corrected chi connectivity index (χ1v) is 7.69. The number of aryl methyl sites for hydroxylation is 2. The minimum Gasteiger partial charge on any atom is -0.334 e. The van der Waals surface area contributed by atoms with Crippen LogP contribution in [0.25, 0.3) is 0 Å². The number of likely N-dealkylation sites (tertiary alicyclic amines) is 1. The van der Waals surface area contributed by atoms with Gasteiger partial charge in [-0.3, -0.25) is 19.4 Å². The summed E-state index contributed by atoms with van der Waals surface area (Å²) in [7, 11) is 1.92. The molecule has 0 bridgehead atoms. The zero-order valence-corrected chi connectivity index (χ0v) is 13.1. The Balaban J connectivity index is 1.65. The van der Waals surface area contributed by atoms with Crippen LogP contribution in [-0.4, -0.2) is 37.1 Å². The lowest BCUT2D eigenvalue weighted by Crippen LogP contribution is -2.31. The van der Waals surface area contributed by atoms with E-state index in [-0.39, 0.29) is 11.9 Å². The summed E-state index contributed by atoms with van der Waals surface area (Å²) in [4.78, 5) is 23.0. The van der Waals surface area contributed by atoms with E-state index in [4.69, 9.17) is 0 Å². The van der Waals surface area contributed by atoms with Gasteiger partial charge in [0, 0.05) is 38.1 Å². The second-order valence-corrected chi connectivity index (χ2v) is 5.75. The normalized spacial score (nSPS) is 17.9. The molecule has 1 amide bonds. The van der Waals surface area contributed by atoms with Crippen LogP contribution in [0.2, 0.25) is 0 Å². The molecule has 1 fully saturated rings. The molecule has 0 N–H and O–H groups in total. The van der Waals surface area contributed by atoms with E-state index in [2.05, 4.69) is 15.1 Å². The van der Waals surface area contributed by atoms with Gasteiger partial charge in [0.05, 0.1) is 24.1 Å². The van der Waals surface area contributed by atoms with Crippen molar-refractivity contribution >= 4 is 5.91 Å². The molecule has 0 unspecified atom stereocenters. The first-order chi connectivity index (χ1) is 10.7. The van der Waals surface area contributed by atoms with E-state index < -0.39 is 0 Å². The molecular weight excluding hydrogens is 278 g/mol. The van der Waals surface area contributed by atoms with Crippen molar-refractivity contribution < 1.29 is 4.79 Å². The number of rotatable bonds is 4. The third kappa shape index (κ3) is 2.86. The van der Waals surface area contributed by atoms with E-state index in [1.807, 2.05) is 29.7 Å². The third-order valence-corrected chi connectivity index (χ3v) is 4.44. The largest absolute Gasteiger partial charge is 0.334 e. The molecule has 116 valence electrons. The summed E-state index contributed by atoms with van der Waals surface area (Å²) in [5.74, 6) is 0.191. The minimum atomic E-state index is 0.0798. The molecule has 1 aliphatic rings. The van der Waals surface area contributed by atoms with Crippen molar-refractivity contribution in [2.24, 2.45) is 7.05 Å². The third-order valence-electron chi connectivity index (χ3n) is 4.44. The summed E-state index contributed by atoms with van der Waals surface area (Å²) in [6.07, 6.45) is 10.2. The molecule has 2 aromatic rings. The van der Waals surface area contributed by atoms with Crippen molar-refractivity contribution in [3.05, 3.63) is 41.7 Å². The first kappa shape index (κ1) is 14.7. The summed E-state index contributed by atoms with van der Waals surface area (Å²) in [5.41, 5.74) is 3.16. The summed E-state index contributed by atoms with van der Waals surface area (Å²) in [5, 5.41) is 4.23. The summed E-state index contributed by atoms with van der Waals surface area (Å²) < 4.78 is 1.85. The molecule has 1 atom stereocenters. The Hall–Kier alpha value is -2.24. The van der Waals surface area contributed by atoms with Crippen molar-refractivity contribution in [3.8, 4) is 0 Å². The Bertz CT molecular complexity index is 652. The average Bonchev–Trinajstić information content (AvgIpc) is 3.15. The Morgan fingerprint density at radius 3 is 2.91 bits per heavy atom. The number of carbonyl (C=O) groups excluding carboxylic acids is 1. The van der Waals surface area contributed by atoms with Crippen LogP contribution in [0.15, 0.2) is 24.8 Å². The van der Waals surface area contributed by atoms with Crippen LogP contribution in [0.3, 0.4) is 0 Å². The molecule has 0 aliphatic carbocycles. The molecule has 3 heterocycles. The molecule has 3 rings (SSSR count). The zero-order chi connectivity index (χ0) is 15.5. The van der Waals surface area contributed by atoms with Crippen molar-refractivity contribution in [1.82, 2.24) is 24.6 Å². The fourth-order valence-corrected chi connectivity index (χ4v) is 3.03. The molecule has 0 aromatic carbocycles. The maximum absolute atomic E-state index is 12.6. The highest BCUT2D eigenvalue weighted by atomic mass is 16.2.